The molecule has 2 aromatic carbocycles. The summed E-state index contributed by atoms with van der Waals surface area (Å²) in [6, 6.07) is 12.6. The molecule has 0 radical (unpaired) electrons. The number of anilines is 1. The predicted molar refractivity (Wildman–Crippen MR) is 108 cm³/mol. The molecule has 2 rings (SSSR count). The van der Waals surface area contributed by atoms with Crippen LogP contribution in [0.25, 0.3) is 0 Å². The van der Waals surface area contributed by atoms with E-state index < -0.39 is 11.7 Å². The fraction of sp³-hybridized carbons (Fsp3) is 0.278. The minimum Gasteiger partial charge on any atom is -0.362 e. The topological polar surface area (TPSA) is 24.1 Å². The highest BCUT2D eigenvalue weighted by atomic mass is 35.5. The van der Waals surface area contributed by atoms with E-state index >= 15 is 0 Å². The van der Waals surface area contributed by atoms with E-state index in [1.165, 1.54) is 17.7 Å². The number of hydrogen-bond donors (Lipinski definition) is 2. The first-order valence-corrected chi connectivity index (χ1v) is 9.83. The third-order valence-corrected chi connectivity index (χ3v) is 5.02. The summed E-state index contributed by atoms with van der Waals surface area (Å²) in [5.41, 5.74) is 1.07. The molecule has 0 amide bonds. The van der Waals surface area contributed by atoms with Crippen LogP contribution in [0.1, 0.15) is 17.5 Å². The number of alkyl halides is 3. The van der Waals surface area contributed by atoms with Gasteiger partial charge in [-0.1, -0.05) is 23.7 Å². The van der Waals surface area contributed by atoms with Gasteiger partial charge in [0, 0.05) is 23.0 Å². The molecule has 140 valence electrons. The molecule has 2 nitrogen and oxygen atoms in total. The Morgan fingerprint density at radius 2 is 1.69 bits per heavy atom. The van der Waals surface area contributed by atoms with Crippen LogP contribution in [0.5, 0.6) is 0 Å². The number of benzene rings is 2. The van der Waals surface area contributed by atoms with Crippen LogP contribution in [0, 0.1) is 0 Å². The van der Waals surface area contributed by atoms with Gasteiger partial charge in [-0.15, -0.1) is 0 Å². The van der Waals surface area contributed by atoms with Crippen molar-refractivity contribution in [3.63, 3.8) is 0 Å². The summed E-state index contributed by atoms with van der Waals surface area (Å²) >= 11 is 12.8. The molecule has 0 saturated carbocycles. The van der Waals surface area contributed by atoms with Crippen molar-refractivity contribution in [3.8, 4) is 0 Å². The van der Waals surface area contributed by atoms with Crippen molar-refractivity contribution in [2.75, 3.05) is 17.6 Å². The van der Waals surface area contributed by atoms with Crippen LogP contribution in [-0.4, -0.2) is 17.4 Å². The van der Waals surface area contributed by atoms with E-state index in [1.54, 1.807) is 0 Å². The molecule has 0 fully saturated rings. The van der Waals surface area contributed by atoms with Crippen molar-refractivity contribution < 1.29 is 13.2 Å². The molecular formula is C18H18ClF3N2S2. The molecule has 0 aromatic heterocycles. The summed E-state index contributed by atoms with van der Waals surface area (Å²) in [6.07, 6.45) is -3.41. The average Bonchev–Trinajstić information content (AvgIpc) is 2.59. The molecule has 2 aromatic rings. The molecule has 8 heteroatoms. The van der Waals surface area contributed by atoms with Crippen molar-refractivity contribution in [2.45, 2.75) is 18.3 Å². The van der Waals surface area contributed by atoms with Gasteiger partial charge in [-0.3, -0.25) is 0 Å². The van der Waals surface area contributed by atoms with E-state index in [1.807, 2.05) is 36.0 Å². The van der Waals surface area contributed by atoms with Gasteiger partial charge >= 0.3 is 6.18 Å². The average molecular weight is 419 g/mol. The molecule has 0 aliphatic rings. The van der Waals surface area contributed by atoms with Gasteiger partial charge in [-0.25, -0.2) is 0 Å². The molecule has 0 unspecified atom stereocenters. The fourth-order valence-corrected chi connectivity index (χ4v) is 3.33. The van der Waals surface area contributed by atoms with Crippen LogP contribution < -0.4 is 10.6 Å². The number of halogens is 4. The largest absolute Gasteiger partial charge is 0.416 e. The van der Waals surface area contributed by atoms with Crippen LogP contribution in [0.2, 0.25) is 5.02 Å². The highest BCUT2D eigenvalue weighted by Gasteiger charge is 2.29. The van der Waals surface area contributed by atoms with E-state index in [4.69, 9.17) is 23.8 Å². The van der Waals surface area contributed by atoms with Crippen molar-refractivity contribution in [2.24, 2.45) is 0 Å². The van der Waals surface area contributed by atoms with E-state index in [2.05, 4.69) is 10.6 Å². The smallest absolute Gasteiger partial charge is 0.362 e. The monoisotopic (exact) mass is 418 g/mol. The number of thiocarbonyl (C=S) groups is 1. The molecule has 0 atom stereocenters. The van der Waals surface area contributed by atoms with Gasteiger partial charge in [-0.2, -0.15) is 24.9 Å². The number of rotatable bonds is 7. The lowest BCUT2D eigenvalue weighted by molar-refractivity contribution is -0.137. The summed E-state index contributed by atoms with van der Waals surface area (Å²) in [5, 5.41) is 7.05. The molecule has 2 N–H and O–H groups in total. The summed E-state index contributed by atoms with van der Waals surface area (Å²) in [4.78, 5) is 0. The predicted octanol–water partition coefficient (Wildman–Crippen LogP) is 5.97. The normalized spacial score (nSPS) is 11.2. The van der Waals surface area contributed by atoms with E-state index in [0.717, 1.165) is 35.1 Å². The summed E-state index contributed by atoms with van der Waals surface area (Å²) in [7, 11) is 0. The van der Waals surface area contributed by atoms with Crippen molar-refractivity contribution in [1.82, 2.24) is 5.32 Å². The zero-order valence-corrected chi connectivity index (χ0v) is 16.2. The summed E-state index contributed by atoms with van der Waals surface area (Å²) < 4.78 is 37.5. The second kappa shape index (κ2) is 10.0. The molecule has 0 saturated heterocycles. The Hall–Kier alpha value is -1.44. The molecule has 0 aliphatic heterocycles. The van der Waals surface area contributed by atoms with E-state index in [9.17, 15) is 13.2 Å². The second-order valence-electron chi connectivity index (χ2n) is 5.49. The van der Waals surface area contributed by atoms with E-state index in [0.29, 0.717) is 17.3 Å². The Balaban J connectivity index is 1.61. The van der Waals surface area contributed by atoms with Crippen LogP contribution >= 0.6 is 35.6 Å². The number of nitrogens with one attached hydrogen (secondary N) is 2. The first-order chi connectivity index (χ1) is 12.3. The Kier molecular flexibility index (Phi) is 8.06. The zero-order chi connectivity index (χ0) is 19.0. The second-order valence-corrected chi connectivity index (χ2v) is 7.44. The highest BCUT2D eigenvalue weighted by Crippen LogP contribution is 2.29. The summed E-state index contributed by atoms with van der Waals surface area (Å²) in [6.45, 7) is 0.695. The van der Waals surface area contributed by atoms with Gasteiger partial charge in [0.05, 0.1) is 5.56 Å². The minimum atomic E-state index is -4.33. The molecule has 26 heavy (non-hydrogen) atoms. The highest BCUT2D eigenvalue weighted by molar-refractivity contribution is 7.98. The van der Waals surface area contributed by atoms with Gasteiger partial charge in [0.1, 0.15) is 0 Å². The SMILES string of the molecule is FC(F)(F)c1ccc(NC(=S)NCCCSCc2ccc(Cl)cc2)cc1. The molecular weight excluding hydrogens is 401 g/mol. The van der Waals surface area contributed by atoms with Gasteiger partial charge in [0.25, 0.3) is 0 Å². The lowest BCUT2D eigenvalue weighted by Gasteiger charge is -2.12. The molecule has 0 aliphatic carbocycles. The standard InChI is InChI=1S/C18H18ClF3N2S2/c19-15-6-2-13(3-7-15)12-26-11-1-10-23-17(25)24-16-8-4-14(5-9-16)18(20,21)22/h2-9H,1,10-12H2,(H2,23,24,25). The van der Waals surface area contributed by atoms with Gasteiger partial charge in [0.2, 0.25) is 0 Å². The maximum absolute atomic E-state index is 12.5. The first kappa shape index (κ1) is 20.9. The number of thioether (sulfide) groups is 1. The van der Waals surface area contributed by atoms with E-state index in [-0.39, 0.29) is 0 Å². The maximum Gasteiger partial charge on any atom is 0.416 e. The molecule has 0 spiro atoms. The van der Waals surface area contributed by atoms with Crippen molar-refractivity contribution >= 4 is 46.4 Å². The lowest BCUT2D eigenvalue weighted by atomic mass is 10.2. The Morgan fingerprint density at radius 3 is 2.31 bits per heavy atom. The lowest BCUT2D eigenvalue weighted by Crippen LogP contribution is -2.29. The quantitative estimate of drug-likeness (QED) is 0.427. The van der Waals surface area contributed by atoms with Crippen molar-refractivity contribution in [3.05, 3.63) is 64.7 Å². The Labute approximate surface area is 165 Å². The Bertz CT molecular complexity index is 704. The first-order valence-electron chi connectivity index (χ1n) is 7.89. The Morgan fingerprint density at radius 1 is 1.04 bits per heavy atom. The molecule has 0 heterocycles. The third-order valence-electron chi connectivity index (χ3n) is 3.40. The van der Waals surface area contributed by atoms with Crippen LogP contribution in [-0.2, 0) is 11.9 Å². The van der Waals surface area contributed by atoms with Gasteiger partial charge < -0.3 is 10.6 Å². The number of hydrogen-bond acceptors (Lipinski definition) is 2. The minimum absolute atomic E-state index is 0.396. The van der Waals surface area contributed by atoms with Gasteiger partial charge in [0.15, 0.2) is 5.11 Å². The van der Waals surface area contributed by atoms with Gasteiger partial charge in [-0.05, 0) is 66.4 Å². The van der Waals surface area contributed by atoms with Crippen LogP contribution in [0.15, 0.2) is 48.5 Å². The summed E-state index contributed by atoms with van der Waals surface area (Å²) in [5.74, 6) is 1.89. The third kappa shape index (κ3) is 7.43. The van der Waals surface area contributed by atoms with Crippen LogP contribution in [0.4, 0.5) is 18.9 Å². The zero-order valence-electron chi connectivity index (χ0n) is 13.8. The molecule has 0 bridgehead atoms. The fourth-order valence-electron chi connectivity index (χ4n) is 2.06. The van der Waals surface area contributed by atoms with Crippen molar-refractivity contribution in [1.29, 1.82) is 0 Å². The van der Waals surface area contributed by atoms with Crippen LogP contribution in [0.3, 0.4) is 0 Å². The maximum atomic E-state index is 12.5.